The first-order valence-electron chi connectivity index (χ1n) is 11.5. The van der Waals surface area contributed by atoms with Crippen molar-refractivity contribution in [3.05, 3.63) is 66.0 Å². The number of carbonyl (C=O) groups is 1. The number of carbonyl (C=O) groups excluding carboxylic acids is 1. The van der Waals surface area contributed by atoms with Gasteiger partial charge in [-0.15, -0.1) is 11.3 Å². The number of nitrogens with one attached hydrogen (secondary N) is 3. The van der Waals surface area contributed by atoms with Crippen molar-refractivity contribution in [1.29, 1.82) is 0 Å². The smallest absolute Gasteiger partial charge is 0.266 e. The summed E-state index contributed by atoms with van der Waals surface area (Å²) in [7, 11) is -0.132. The van der Waals surface area contributed by atoms with E-state index in [1.165, 1.54) is 11.3 Å². The van der Waals surface area contributed by atoms with Gasteiger partial charge in [-0.05, 0) is 30.3 Å². The van der Waals surface area contributed by atoms with Crippen molar-refractivity contribution in [3.63, 3.8) is 0 Å². The second kappa shape index (κ2) is 12.1. The standard InChI is InChI=1S/C25H27N5O5S3/c1-30(2)22-10-4-9-20-19(22)8-5-11-23(20)37(32)29-18-7-3-6-17(14-18)21-16-36-25(27-21)28-24(31)15-26-12-13-38(33,34)35/h3-11,14,16,26,29H,12-13,15H2,1-2H3,(H,27,28,31)(H,33,34,35). The number of rotatable bonds is 11. The SMILES string of the molecule is CN(C)c1cccc2c([S+]([O-])Nc3cccc(-c4csc(NC(=O)CNCCS(=O)(=O)O)n4)c3)cccc12. The first kappa shape index (κ1) is 27.8. The molecule has 38 heavy (non-hydrogen) atoms. The summed E-state index contributed by atoms with van der Waals surface area (Å²) >= 11 is -0.265. The van der Waals surface area contributed by atoms with Crippen molar-refractivity contribution in [2.75, 3.05) is 47.9 Å². The van der Waals surface area contributed by atoms with Crippen LogP contribution in [-0.2, 0) is 26.3 Å². The maximum atomic E-state index is 13.3. The maximum absolute atomic E-state index is 13.3. The van der Waals surface area contributed by atoms with Crippen molar-refractivity contribution < 1.29 is 22.3 Å². The van der Waals surface area contributed by atoms with E-state index in [1.807, 2.05) is 79.7 Å². The maximum Gasteiger partial charge on any atom is 0.266 e. The molecule has 0 bridgehead atoms. The van der Waals surface area contributed by atoms with Gasteiger partial charge in [0.15, 0.2) is 10.0 Å². The summed E-state index contributed by atoms with van der Waals surface area (Å²) in [5.74, 6) is -0.867. The van der Waals surface area contributed by atoms with Gasteiger partial charge >= 0.3 is 0 Å². The zero-order valence-electron chi connectivity index (χ0n) is 20.7. The van der Waals surface area contributed by atoms with Crippen LogP contribution in [0.3, 0.4) is 0 Å². The van der Waals surface area contributed by atoms with Gasteiger partial charge in [0.1, 0.15) is 11.4 Å². The molecule has 0 aliphatic rings. The molecule has 0 fully saturated rings. The zero-order chi connectivity index (χ0) is 27.3. The molecule has 13 heteroatoms. The largest absolute Gasteiger partial charge is 0.588 e. The van der Waals surface area contributed by atoms with Crippen molar-refractivity contribution in [2.24, 2.45) is 0 Å². The van der Waals surface area contributed by atoms with Crippen molar-refractivity contribution >= 4 is 66.0 Å². The van der Waals surface area contributed by atoms with Gasteiger partial charge in [0.25, 0.3) is 10.1 Å². The molecule has 0 saturated carbocycles. The van der Waals surface area contributed by atoms with Gasteiger partial charge in [-0.1, -0.05) is 30.3 Å². The average Bonchev–Trinajstić information content (AvgIpc) is 3.34. The number of nitrogens with zero attached hydrogens (tertiary/aromatic N) is 2. The van der Waals surface area contributed by atoms with Crippen LogP contribution in [0.5, 0.6) is 0 Å². The topological polar surface area (TPSA) is 147 Å². The van der Waals surface area contributed by atoms with Crippen LogP contribution in [0.4, 0.5) is 16.5 Å². The summed E-state index contributed by atoms with van der Waals surface area (Å²) in [4.78, 5) is 19.2. The Labute approximate surface area is 228 Å². The summed E-state index contributed by atoms with van der Waals surface area (Å²) < 4.78 is 46.6. The van der Waals surface area contributed by atoms with E-state index in [4.69, 9.17) is 4.55 Å². The Bertz CT molecular complexity index is 1540. The van der Waals surface area contributed by atoms with Crippen molar-refractivity contribution in [2.45, 2.75) is 4.90 Å². The number of anilines is 3. The first-order chi connectivity index (χ1) is 18.1. The fourth-order valence-corrected chi connectivity index (χ4v) is 5.92. The summed E-state index contributed by atoms with van der Waals surface area (Å²) in [5, 5.41) is 9.41. The Morgan fingerprint density at radius 1 is 1.11 bits per heavy atom. The van der Waals surface area contributed by atoms with Crippen LogP contribution < -0.4 is 20.3 Å². The van der Waals surface area contributed by atoms with Crippen LogP contribution in [0.2, 0.25) is 0 Å². The average molecular weight is 574 g/mol. The normalized spacial score (nSPS) is 12.3. The molecule has 4 aromatic rings. The van der Waals surface area contributed by atoms with Gasteiger partial charge in [0, 0.05) is 48.0 Å². The van der Waals surface area contributed by atoms with Crippen LogP contribution in [0.15, 0.2) is 70.9 Å². The molecule has 4 N–H and O–H groups in total. The van der Waals surface area contributed by atoms with Gasteiger partial charge in [-0.25, -0.2) is 9.71 Å². The minimum Gasteiger partial charge on any atom is -0.588 e. The number of thiazole rings is 1. The van der Waals surface area contributed by atoms with E-state index in [0.29, 0.717) is 21.4 Å². The molecule has 1 heterocycles. The summed E-state index contributed by atoms with van der Waals surface area (Å²) in [6, 6.07) is 19.1. The number of benzene rings is 3. The Balaban J connectivity index is 1.43. The lowest BCUT2D eigenvalue weighted by atomic mass is 10.1. The molecular weight excluding hydrogens is 547 g/mol. The predicted octanol–water partition coefficient (Wildman–Crippen LogP) is 3.58. The number of fused-ring (bicyclic) bond motifs is 1. The van der Waals surface area contributed by atoms with E-state index in [0.717, 1.165) is 22.0 Å². The Kier molecular flexibility index (Phi) is 8.87. The number of aromatic nitrogens is 1. The van der Waals surface area contributed by atoms with E-state index in [9.17, 15) is 17.8 Å². The van der Waals surface area contributed by atoms with Crippen LogP contribution in [0, 0.1) is 0 Å². The van der Waals surface area contributed by atoms with Crippen LogP contribution >= 0.6 is 11.3 Å². The molecule has 1 unspecified atom stereocenters. The highest BCUT2D eigenvalue weighted by Gasteiger charge is 2.18. The highest BCUT2D eigenvalue weighted by molar-refractivity contribution is 7.93. The number of hydrogen-bond acceptors (Lipinski definition) is 9. The highest BCUT2D eigenvalue weighted by atomic mass is 32.2. The molecule has 1 aromatic heterocycles. The molecule has 10 nitrogen and oxygen atoms in total. The minimum absolute atomic E-state index is 0.0495. The molecule has 0 saturated heterocycles. The Morgan fingerprint density at radius 2 is 1.84 bits per heavy atom. The van der Waals surface area contributed by atoms with E-state index in [-0.39, 0.29) is 19.0 Å². The number of amides is 1. The van der Waals surface area contributed by atoms with Gasteiger partial charge < -0.3 is 20.1 Å². The molecule has 0 radical (unpaired) electrons. The zero-order valence-corrected chi connectivity index (χ0v) is 23.1. The van der Waals surface area contributed by atoms with E-state index in [1.54, 1.807) is 5.38 Å². The molecule has 0 aliphatic heterocycles. The van der Waals surface area contributed by atoms with Crippen LogP contribution in [0.25, 0.3) is 22.0 Å². The van der Waals surface area contributed by atoms with Crippen LogP contribution in [-0.4, -0.2) is 61.4 Å². The first-order valence-corrected chi connectivity index (χ1v) is 15.1. The second-order valence-electron chi connectivity index (χ2n) is 8.52. The lowest BCUT2D eigenvalue weighted by molar-refractivity contribution is -0.115. The lowest BCUT2D eigenvalue weighted by Crippen LogP contribution is -2.31. The summed E-state index contributed by atoms with van der Waals surface area (Å²) in [5.41, 5.74) is 3.12. The minimum atomic E-state index is -4.08. The van der Waals surface area contributed by atoms with E-state index >= 15 is 0 Å². The quantitative estimate of drug-likeness (QED) is 0.120. The monoisotopic (exact) mass is 573 g/mol. The van der Waals surface area contributed by atoms with Crippen molar-refractivity contribution in [1.82, 2.24) is 10.3 Å². The fraction of sp³-hybridized carbons (Fsp3) is 0.200. The summed E-state index contributed by atoms with van der Waals surface area (Å²) in [6.45, 7) is -0.175. The Morgan fingerprint density at radius 3 is 2.61 bits per heavy atom. The number of hydrogen-bond donors (Lipinski definition) is 4. The predicted molar refractivity (Wildman–Crippen MR) is 154 cm³/mol. The van der Waals surface area contributed by atoms with E-state index < -0.39 is 27.2 Å². The highest BCUT2D eigenvalue weighted by Crippen LogP contribution is 2.32. The molecule has 1 amide bonds. The molecular formula is C25H27N5O5S3. The third-order valence-electron chi connectivity index (χ3n) is 5.48. The van der Waals surface area contributed by atoms with Gasteiger partial charge in [0.2, 0.25) is 5.91 Å². The van der Waals surface area contributed by atoms with E-state index in [2.05, 4.69) is 20.3 Å². The van der Waals surface area contributed by atoms with Gasteiger partial charge in [-0.2, -0.15) is 8.42 Å². The molecule has 200 valence electrons. The molecule has 3 aromatic carbocycles. The Hall–Kier alpha value is -3.20. The molecule has 0 aliphatic carbocycles. The molecule has 0 spiro atoms. The molecule has 4 rings (SSSR count). The van der Waals surface area contributed by atoms with Gasteiger partial charge in [0.05, 0.1) is 23.7 Å². The third-order valence-corrected chi connectivity index (χ3v) is 8.14. The van der Waals surface area contributed by atoms with Crippen LogP contribution in [0.1, 0.15) is 0 Å². The molecule has 1 atom stereocenters. The lowest BCUT2D eigenvalue weighted by Gasteiger charge is -2.18. The fourth-order valence-electron chi connectivity index (χ4n) is 3.75. The second-order valence-corrected chi connectivity index (χ2v) is 12.1. The van der Waals surface area contributed by atoms with Crippen molar-refractivity contribution in [3.8, 4) is 11.3 Å². The third kappa shape index (κ3) is 7.22. The summed E-state index contributed by atoms with van der Waals surface area (Å²) in [6.07, 6.45) is 0. The van der Waals surface area contributed by atoms with Gasteiger partial charge in [-0.3, -0.25) is 9.35 Å².